The molecule has 4 aromatic rings. The van der Waals surface area contributed by atoms with Crippen molar-refractivity contribution in [2.24, 2.45) is 0 Å². The maximum absolute atomic E-state index is 5.83. The second-order valence-electron chi connectivity index (χ2n) is 6.70. The van der Waals surface area contributed by atoms with Gasteiger partial charge < -0.3 is 20.9 Å². The third-order valence-electron chi connectivity index (χ3n) is 4.27. The van der Waals surface area contributed by atoms with Crippen LogP contribution in [0.3, 0.4) is 0 Å². The average molecular weight is 390 g/mol. The van der Waals surface area contributed by atoms with Crippen molar-refractivity contribution in [1.82, 2.24) is 25.3 Å². The van der Waals surface area contributed by atoms with Crippen LogP contribution in [-0.4, -0.2) is 25.3 Å². The number of nitrogens with one attached hydrogen (secondary N) is 3. The van der Waals surface area contributed by atoms with Gasteiger partial charge in [-0.3, -0.25) is 5.10 Å². The Balaban J connectivity index is 1.33. The second kappa shape index (κ2) is 8.42. The molecule has 29 heavy (non-hydrogen) atoms. The van der Waals surface area contributed by atoms with Gasteiger partial charge in [0.2, 0.25) is 5.95 Å². The Bertz CT molecular complexity index is 1090. The van der Waals surface area contributed by atoms with Gasteiger partial charge in [0.1, 0.15) is 5.82 Å². The number of aromatic amines is 1. The fourth-order valence-electron chi connectivity index (χ4n) is 2.89. The summed E-state index contributed by atoms with van der Waals surface area (Å²) in [7, 11) is 0. The Kier molecular flexibility index (Phi) is 5.37. The zero-order valence-corrected chi connectivity index (χ0v) is 16.0. The normalized spacial score (nSPS) is 10.8. The monoisotopic (exact) mass is 390 g/mol. The fraction of sp³-hybridized carbons (Fsp3) is 0.200. The van der Waals surface area contributed by atoms with Gasteiger partial charge >= 0.3 is 0 Å². The fourth-order valence-corrected chi connectivity index (χ4v) is 2.89. The molecule has 0 amide bonds. The number of hydrogen-bond acceptors (Lipinski definition) is 8. The highest BCUT2D eigenvalue weighted by molar-refractivity contribution is 5.53. The maximum Gasteiger partial charge on any atom is 0.224 e. The summed E-state index contributed by atoms with van der Waals surface area (Å²) in [6.45, 7) is 2.34. The highest BCUT2D eigenvalue weighted by Crippen LogP contribution is 2.16. The van der Waals surface area contributed by atoms with E-state index in [-0.39, 0.29) is 0 Å². The summed E-state index contributed by atoms with van der Waals surface area (Å²) in [4.78, 5) is 8.65. The molecule has 1 aromatic carbocycles. The lowest BCUT2D eigenvalue weighted by molar-refractivity contribution is 0.384. The first-order valence-corrected chi connectivity index (χ1v) is 9.29. The molecule has 148 valence electrons. The van der Waals surface area contributed by atoms with Crippen LogP contribution in [0.5, 0.6) is 0 Å². The van der Waals surface area contributed by atoms with Gasteiger partial charge in [0.15, 0.2) is 11.6 Å². The summed E-state index contributed by atoms with van der Waals surface area (Å²) in [5.74, 6) is 2.55. The van der Waals surface area contributed by atoms with Crippen LogP contribution in [0.25, 0.3) is 0 Å². The van der Waals surface area contributed by atoms with Gasteiger partial charge in [0, 0.05) is 29.7 Å². The largest absolute Gasteiger partial charge is 0.399 e. The Labute approximate surface area is 167 Å². The summed E-state index contributed by atoms with van der Waals surface area (Å²) >= 11 is 0. The number of H-pyrrole nitrogens is 1. The van der Waals surface area contributed by atoms with E-state index in [1.807, 2.05) is 37.3 Å². The minimum atomic E-state index is 0.459. The van der Waals surface area contributed by atoms with Crippen LogP contribution in [0.2, 0.25) is 0 Å². The number of rotatable bonds is 8. The van der Waals surface area contributed by atoms with Gasteiger partial charge in [0.05, 0.1) is 12.2 Å². The van der Waals surface area contributed by atoms with Crippen LogP contribution in [0, 0.1) is 6.92 Å². The van der Waals surface area contributed by atoms with Crippen LogP contribution >= 0.6 is 0 Å². The number of nitrogen functional groups attached to an aromatic ring is 1. The average Bonchev–Trinajstić information content (AvgIpc) is 3.34. The van der Waals surface area contributed by atoms with Crippen LogP contribution in [0.15, 0.2) is 53.2 Å². The van der Waals surface area contributed by atoms with Gasteiger partial charge in [-0.15, -0.1) is 0 Å². The quantitative estimate of drug-likeness (QED) is 0.337. The maximum atomic E-state index is 5.83. The number of aromatic nitrogens is 5. The molecule has 0 aliphatic rings. The van der Waals surface area contributed by atoms with E-state index in [1.54, 1.807) is 12.3 Å². The van der Waals surface area contributed by atoms with E-state index < -0.39 is 0 Å². The van der Waals surface area contributed by atoms with Crippen LogP contribution < -0.4 is 16.4 Å². The van der Waals surface area contributed by atoms with Gasteiger partial charge in [-0.1, -0.05) is 17.3 Å². The Morgan fingerprint density at radius 1 is 1.10 bits per heavy atom. The molecule has 4 rings (SSSR count). The van der Waals surface area contributed by atoms with Crippen molar-refractivity contribution in [3.63, 3.8) is 0 Å². The lowest BCUT2D eigenvalue weighted by atomic mass is 10.1. The number of benzene rings is 1. The lowest BCUT2D eigenvalue weighted by Gasteiger charge is -2.05. The third-order valence-corrected chi connectivity index (χ3v) is 4.27. The molecule has 0 aliphatic heterocycles. The molecule has 0 atom stereocenters. The van der Waals surface area contributed by atoms with Crippen LogP contribution in [0.1, 0.15) is 22.7 Å². The van der Waals surface area contributed by atoms with Gasteiger partial charge in [0.25, 0.3) is 0 Å². The number of aryl methyl sites for hydroxylation is 3. The standard InChI is InChI=1S/C20H22N8O/c1-13-9-17(29-28-13)12-23-20-22-8-7-18(25-20)24-19-11-16(26-27-19)6-5-14-3-2-4-15(21)10-14/h2-4,7-11H,5-6,12,21H2,1H3,(H3,22,23,24,25,26,27). The van der Waals surface area contributed by atoms with E-state index in [9.17, 15) is 0 Å². The van der Waals surface area contributed by atoms with E-state index in [2.05, 4.69) is 42.0 Å². The zero-order valence-electron chi connectivity index (χ0n) is 16.0. The Morgan fingerprint density at radius 2 is 2.03 bits per heavy atom. The molecule has 0 unspecified atom stereocenters. The lowest BCUT2D eigenvalue weighted by Crippen LogP contribution is -2.04. The van der Waals surface area contributed by atoms with E-state index in [0.717, 1.165) is 35.7 Å². The molecule has 9 nitrogen and oxygen atoms in total. The van der Waals surface area contributed by atoms with Crippen molar-refractivity contribution >= 4 is 23.3 Å². The summed E-state index contributed by atoms with van der Waals surface area (Å²) in [5, 5.41) is 17.5. The minimum absolute atomic E-state index is 0.459. The molecular weight excluding hydrogens is 368 g/mol. The molecule has 9 heteroatoms. The molecule has 3 aromatic heterocycles. The number of hydrogen-bond donors (Lipinski definition) is 4. The summed E-state index contributed by atoms with van der Waals surface area (Å²) in [6.07, 6.45) is 3.40. The van der Waals surface area contributed by atoms with Crippen molar-refractivity contribution in [3.05, 3.63) is 71.4 Å². The van der Waals surface area contributed by atoms with Crippen molar-refractivity contribution in [3.8, 4) is 0 Å². The summed E-state index contributed by atoms with van der Waals surface area (Å²) in [5.41, 5.74) is 9.67. The Hall–Kier alpha value is -3.88. The highest BCUT2D eigenvalue weighted by Gasteiger charge is 2.06. The van der Waals surface area contributed by atoms with E-state index >= 15 is 0 Å². The third kappa shape index (κ3) is 5.10. The topological polar surface area (TPSA) is 131 Å². The zero-order chi connectivity index (χ0) is 20.1. The van der Waals surface area contributed by atoms with Gasteiger partial charge in [-0.25, -0.2) is 4.98 Å². The molecular formula is C20H22N8O. The molecule has 0 radical (unpaired) electrons. The van der Waals surface area contributed by atoms with Gasteiger partial charge in [-0.2, -0.15) is 10.1 Å². The first-order valence-electron chi connectivity index (χ1n) is 9.29. The molecule has 0 fully saturated rings. The number of nitrogens with two attached hydrogens (primary N) is 1. The smallest absolute Gasteiger partial charge is 0.224 e. The van der Waals surface area contributed by atoms with Crippen LogP contribution in [-0.2, 0) is 19.4 Å². The molecule has 5 N–H and O–H groups in total. The van der Waals surface area contributed by atoms with Crippen molar-refractivity contribution in [2.45, 2.75) is 26.3 Å². The first-order chi connectivity index (χ1) is 14.1. The second-order valence-corrected chi connectivity index (χ2v) is 6.70. The predicted octanol–water partition coefficient (Wildman–Crippen LogP) is 3.22. The minimum Gasteiger partial charge on any atom is -0.399 e. The van der Waals surface area contributed by atoms with Gasteiger partial charge in [-0.05, 0) is 43.5 Å². The summed E-state index contributed by atoms with van der Waals surface area (Å²) in [6, 6.07) is 13.5. The molecule has 0 saturated heterocycles. The molecule has 0 bridgehead atoms. The van der Waals surface area contributed by atoms with E-state index in [4.69, 9.17) is 10.3 Å². The number of nitrogens with zero attached hydrogens (tertiary/aromatic N) is 4. The van der Waals surface area contributed by atoms with Crippen molar-refractivity contribution in [1.29, 1.82) is 0 Å². The summed E-state index contributed by atoms with van der Waals surface area (Å²) < 4.78 is 5.17. The SMILES string of the molecule is Cc1cc(CNc2nccc(Nc3cc(CCc4cccc(N)c4)[nH]n3)n2)on1. The van der Waals surface area contributed by atoms with E-state index in [1.165, 1.54) is 5.56 Å². The van der Waals surface area contributed by atoms with Crippen molar-refractivity contribution < 1.29 is 4.52 Å². The predicted molar refractivity (Wildman–Crippen MR) is 111 cm³/mol. The highest BCUT2D eigenvalue weighted by atomic mass is 16.5. The Morgan fingerprint density at radius 3 is 2.86 bits per heavy atom. The van der Waals surface area contributed by atoms with Crippen molar-refractivity contribution in [2.75, 3.05) is 16.4 Å². The van der Waals surface area contributed by atoms with E-state index in [0.29, 0.717) is 24.1 Å². The molecule has 0 aliphatic carbocycles. The molecule has 0 saturated carbocycles. The molecule has 0 spiro atoms. The number of anilines is 4. The first kappa shape index (κ1) is 18.5. The van der Waals surface area contributed by atoms with Crippen LogP contribution in [0.4, 0.5) is 23.3 Å². The molecule has 3 heterocycles.